The summed E-state index contributed by atoms with van der Waals surface area (Å²) in [7, 11) is 0. The van der Waals surface area contributed by atoms with Crippen LogP contribution in [0.5, 0.6) is 0 Å². The third kappa shape index (κ3) is 3.34. The van der Waals surface area contributed by atoms with E-state index in [4.69, 9.17) is 4.74 Å². The van der Waals surface area contributed by atoms with E-state index in [1.54, 1.807) is 4.68 Å². The van der Waals surface area contributed by atoms with Crippen LogP contribution in [0.1, 0.15) is 11.1 Å². The number of benzene rings is 1. The quantitative estimate of drug-likeness (QED) is 0.780. The number of carbonyl (C=O) groups excluding carboxylic acids is 2. The summed E-state index contributed by atoms with van der Waals surface area (Å²) >= 11 is 1.19. The molecule has 0 saturated carbocycles. The van der Waals surface area contributed by atoms with Crippen molar-refractivity contribution >= 4 is 23.8 Å². The van der Waals surface area contributed by atoms with E-state index in [0.29, 0.717) is 11.7 Å². The van der Waals surface area contributed by atoms with Crippen LogP contribution < -0.4 is 0 Å². The summed E-state index contributed by atoms with van der Waals surface area (Å²) in [5, 5.41) is 12.1. The average Bonchev–Trinajstić information content (AvgIpc) is 3.12. The Balaban J connectivity index is 1.74. The van der Waals surface area contributed by atoms with E-state index in [0.717, 1.165) is 21.7 Å². The molecule has 1 aromatic carbocycles. The molecule has 1 saturated heterocycles. The molecule has 3 rings (SSSR count). The molecule has 23 heavy (non-hydrogen) atoms. The Kier molecular flexibility index (Phi) is 4.28. The Morgan fingerprint density at radius 2 is 2.04 bits per heavy atom. The van der Waals surface area contributed by atoms with Gasteiger partial charge in [0.15, 0.2) is 0 Å². The van der Waals surface area contributed by atoms with Gasteiger partial charge in [-0.1, -0.05) is 17.8 Å². The first kappa shape index (κ1) is 15.5. The number of aryl methyl sites for hydroxylation is 2. The maximum Gasteiger partial charge on any atom is 0.416 e. The van der Waals surface area contributed by atoms with Gasteiger partial charge in [0.2, 0.25) is 11.1 Å². The standard InChI is InChI=1S/C14H15N5O3S/c1-9-5-10(2)7-11(6-9)19-13(15-16-17-19)23-8-12(20)18-3-4-22-14(18)21/h5-7H,3-4,8H2,1-2H3. The lowest BCUT2D eigenvalue weighted by molar-refractivity contribution is -0.125. The van der Waals surface area contributed by atoms with E-state index in [1.807, 2.05) is 26.0 Å². The zero-order valence-electron chi connectivity index (χ0n) is 12.7. The van der Waals surface area contributed by atoms with Crippen LogP contribution >= 0.6 is 11.8 Å². The molecule has 0 bridgehead atoms. The van der Waals surface area contributed by atoms with Gasteiger partial charge in [-0.3, -0.25) is 4.79 Å². The van der Waals surface area contributed by atoms with Crippen LogP contribution in [-0.4, -0.2) is 56.0 Å². The predicted octanol–water partition coefficient (Wildman–Crippen LogP) is 1.35. The van der Waals surface area contributed by atoms with Crippen LogP contribution in [-0.2, 0) is 9.53 Å². The van der Waals surface area contributed by atoms with Crippen molar-refractivity contribution in [2.45, 2.75) is 19.0 Å². The van der Waals surface area contributed by atoms with Gasteiger partial charge in [-0.05, 0) is 47.5 Å². The summed E-state index contributed by atoms with van der Waals surface area (Å²) in [5.74, 6) is -0.243. The third-order valence-corrected chi connectivity index (χ3v) is 4.18. The number of imide groups is 1. The Morgan fingerprint density at radius 1 is 1.30 bits per heavy atom. The molecule has 0 unspecified atom stereocenters. The molecule has 1 fully saturated rings. The van der Waals surface area contributed by atoms with Crippen molar-refractivity contribution in [2.75, 3.05) is 18.9 Å². The second-order valence-electron chi connectivity index (χ2n) is 5.17. The predicted molar refractivity (Wildman–Crippen MR) is 82.4 cm³/mol. The lowest BCUT2D eigenvalue weighted by Gasteiger charge is -2.10. The number of ether oxygens (including phenoxy) is 1. The van der Waals surface area contributed by atoms with Crippen LogP contribution in [0.3, 0.4) is 0 Å². The first-order chi connectivity index (χ1) is 11.0. The normalized spacial score (nSPS) is 14.2. The topological polar surface area (TPSA) is 90.2 Å². The highest BCUT2D eigenvalue weighted by Crippen LogP contribution is 2.21. The van der Waals surface area contributed by atoms with Gasteiger partial charge in [-0.25, -0.2) is 9.69 Å². The van der Waals surface area contributed by atoms with Gasteiger partial charge in [0, 0.05) is 0 Å². The molecule has 8 nitrogen and oxygen atoms in total. The number of hydrogen-bond donors (Lipinski definition) is 0. The Bertz CT molecular complexity index is 740. The van der Waals surface area contributed by atoms with E-state index in [-0.39, 0.29) is 18.3 Å². The van der Waals surface area contributed by atoms with E-state index in [9.17, 15) is 9.59 Å². The number of aromatic nitrogens is 4. The molecule has 1 aromatic heterocycles. The Morgan fingerprint density at radius 3 is 2.70 bits per heavy atom. The number of nitrogens with zero attached hydrogens (tertiary/aromatic N) is 5. The van der Waals surface area contributed by atoms with Gasteiger partial charge in [0.05, 0.1) is 18.0 Å². The van der Waals surface area contributed by atoms with Crippen molar-refractivity contribution < 1.29 is 14.3 Å². The van der Waals surface area contributed by atoms with Crippen molar-refractivity contribution in [3.05, 3.63) is 29.3 Å². The number of cyclic esters (lactones) is 1. The van der Waals surface area contributed by atoms with E-state index in [2.05, 4.69) is 21.6 Å². The van der Waals surface area contributed by atoms with Gasteiger partial charge in [0.1, 0.15) is 6.61 Å². The minimum Gasteiger partial charge on any atom is -0.447 e. The fourth-order valence-corrected chi connectivity index (χ4v) is 3.09. The van der Waals surface area contributed by atoms with Crippen molar-refractivity contribution in [3.8, 4) is 5.69 Å². The molecule has 2 heterocycles. The lowest BCUT2D eigenvalue weighted by atomic mass is 10.1. The van der Waals surface area contributed by atoms with Crippen LogP contribution in [0.15, 0.2) is 23.4 Å². The zero-order chi connectivity index (χ0) is 16.4. The average molecular weight is 333 g/mol. The zero-order valence-corrected chi connectivity index (χ0v) is 13.5. The minimum atomic E-state index is -0.593. The monoisotopic (exact) mass is 333 g/mol. The first-order valence-corrected chi connectivity index (χ1v) is 8.00. The highest BCUT2D eigenvalue weighted by Gasteiger charge is 2.28. The summed E-state index contributed by atoms with van der Waals surface area (Å²) in [5.41, 5.74) is 3.03. The Hall–Kier alpha value is -2.42. The van der Waals surface area contributed by atoms with Crippen molar-refractivity contribution in [1.82, 2.24) is 25.1 Å². The first-order valence-electron chi connectivity index (χ1n) is 7.01. The molecule has 1 aliphatic rings. The summed E-state index contributed by atoms with van der Waals surface area (Å²) in [6.07, 6.45) is -0.593. The smallest absolute Gasteiger partial charge is 0.416 e. The largest absolute Gasteiger partial charge is 0.447 e. The third-order valence-electron chi connectivity index (χ3n) is 3.28. The maximum atomic E-state index is 12.0. The van der Waals surface area contributed by atoms with Crippen LogP contribution in [0.25, 0.3) is 5.69 Å². The fraction of sp³-hybridized carbons (Fsp3) is 0.357. The molecule has 1 aliphatic heterocycles. The summed E-state index contributed by atoms with van der Waals surface area (Å²) < 4.78 is 6.34. The molecule has 0 atom stereocenters. The van der Waals surface area contributed by atoms with Crippen molar-refractivity contribution in [2.24, 2.45) is 0 Å². The van der Waals surface area contributed by atoms with Crippen LogP contribution in [0.2, 0.25) is 0 Å². The van der Waals surface area contributed by atoms with E-state index < -0.39 is 6.09 Å². The van der Waals surface area contributed by atoms with E-state index in [1.165, 1.54) is 11.8 Å². The molecule has 9 heteroatoms. The molecular weight excluding hydrogens is 318 g/mol. The number of hydrogen-bond acceptors (Lipinski definition) is 7. The summed E-state index contributed by atoms with van der Waals surface area (Å²) in [4.78, 5) is 24.5. The fourth-order valence-electron chi connectivity index (χ4n) is 2.33. The highest BCUT2D eigenvalue weighted by atomic mass is 32.2. The second-order valence-corrected chi connectivity index (χ2v) is 6.11. The molecule has 0 N–H and O–H groups in total. The molecule has 0 aliphatic carbocycles. The van der Waals surface area contributed by atoms with Gasteiger partial charge in [0.25, 0.3) is 0 Å². The lowest BCUT2D eigenvalue weighted by Crippen LogP contribution is -2.33. The molecule has 0 radical (unpaired) electrons. The number of thioether (sulfide) groups is 1. The molecule has 120 valence electrons. The number of amides is 2. The molecular formula is C14H15N5O3S. The van der Waals surface area contributed by atoms with Gasteiger partial charge >= 0.3 is 6.09 Å². The van der Waals surface area contributed by atoms with Crippen molar-refractivity contribution in [3.63, 3.8) is 0 Å². The van der Waals surface area contributed by atoms with Gasteiger partial charge < -0.3 is 4.74 Å². The summed E-state index contributed by atoms with van der Waals surface area (Å²) in [6, 6.07) is 5.99. The Labute approximate surface area is 136 Å². The molecule has 2 amide bonds. The van der Waals surface area contributed by atoms with Crippen molar-refractivity contribution in [1.29, 1.82) is 0 Å². The molecule has 0 spiro atoms. The van der Waals surface area contributed by atoms with E-state index >= 15 is 0 Å². The molecule has 2 aromatic rings. The number of rotatable bonds is 4. The highest BCUT2D eigenvalue weighted by molar-refractivity contribution is 7.99. The van der Waals surface area contributed by atoms with Crippen LogP contribution in [0.4, 0.5) is 4.79 Å². The van der Waals surface area contributed by atoms with Gasteiger partial charge in [-0.15, -0.1) is 5.10 Å². The number of tetrazole rings is 1. The number of carbonyl (C=O) groups is 2. The SMILES string of the molecule is Cc1cc(C)cc(-n2nnnc2SCC(=O)N2CCOC2=O)c1. The van der Waals surface area contributed by atoms with Crippen LogP contribution in [0, 0.1) is 13.8 Å². The maximum absolute atomic E-state index is 12.0. The second kappa shape index (κ2) is 6.37. The summed E-state index contributed by atoms with van der Waals surface area (Å²) in [6.45, 7) is 4.53. The minimum absolute atomic E-state index is 0.0697. The van der Waals surface area contributed by atoms with Gasteiger partial charge in [-0.2, -0.15) is 4.68 Å².